The average molecular weight is 523 g/mol. The lowest BCUT2D eigenvalue weighted by Crippen LogP contribution is -2.36. The van der Waals surface area contributed by atoms with E-state index in [1.807, 2.05) is 13.8 Å². The number of ether oxygens (including phenoxy) is 2. The van der Waals surface area contributed by atoms with Gasteiger partial charge in [-0.15, -0.1) is 0 Å². The number of carbonyl (C=O) groups is 3. The van der Waals surface area contributed by atoms with Gasteiger partial charge in [-0.3, -0.25) is 19.3 Å². The molecule has 3 rings (SSSR count). The molecule has 1 saturated heterocycles. The fourth-order valence-electron chi connectivity index (χ4n) is 2.87. The van der Waals surface area contributed by atoms with E-state index >= 15 is 0 Å². The van der Waals surface area contributed by atoms with Gasteiger partial charge in [0, 0.05) is 4.47 Å². The molecule has 0 aromatic heterocycles. The monoisotopic (exact) mass is 522 g/mol. The van der Waals surface area contributed by atoms with Gasteiger partial charge in [-0.1, -0.05) is 28.1 Å². The Balaban J connectivity index is 1.78. The highest BCUT2D eigenvalue weighted by Crippen LogP contribution is 2.38. The minimum Gasteiger partial charge on any atom is -0.490 e. The summed E-state index contributed by atoms with van der Waals surface area (Å²) in [7, 11) is 0. The van der Waals surface area contributed by atoms with Crippen LogP contribution in [0.15, 0.2) is 45.8 Å². The molecule has 1 fully saturated rings. The van der Waals surface area contributed by atoms with E-state index in [1.165, 1.54) is 18.2 Å². The van der Waals surface area contributed by atoms with Gasteiger partial charge in [-0.2, -0.15) is 0 Å². The van der Waals surface area contributed by atoms with Crippen molar-refractivity contribution in [1.82, 2.24) is 4.90 Å². The summed E-state index contributed by atoms with van der Waals surface area (Å²) in [4.78, 5) is 38.3. The highest BCUT2D eigenvalue weighted by molar-refractivity contribution is 9.10. The Kier molecular flexibility index (Phi) is 7.92. The normalized spacial score (nSPS) is 14.8. The zero-order chi connectivity index (χ0) is 23.3. The first-order valence-electron chi connectivity index (χ1n) is 9.72. The summed E-state index contributed by atoms with van der Waals surface area (Å²) in [6, 6.07) is 9.07. The van der Waals surface area contributed by atoms with Crippen molar-refractivity contribution >= 4 is 56.5 Å². The van der Waals surface area contributed by atoms with E-state index in [-0.39, 0.29) is 10.6 Å². The topological polar surface area (TPSA) is 84.9 Å². The molecule has 10 heteroatoms. The third kappa shape index (κ3) is 5.49. The summed E-state index contributed by atoms with van der Waals surface area (Å²) in [6.07, 6.45) is 1.54. The van der Waals surface area contributed by atoms with Gasteiger partial charge in [0.15, 0.2) is 11.5 Å². The number of nitrogens with zero attached hydrogens (tertiary/aromatic N) is 1. The summed E-state index contributed by atoms with van der Waals surface area (Å²) in [5, 5.41) is 1.78. The van der Waals surface area contributed by atoms with Crippen molar-refractivity contribution < 1.29 is 28.2 Å². The number of halogens is 2. The van der Waals surface area contributed by atoms with E-state index < -0.39 is 29.4 Å². The second-order valence-electron chi connectivity index (χ2n) is 6.48. The van der Waals surface area contributed by atoms with E-state index in [1.54, 1.807) is 24.3 Å². The number of hydrogen-bond donors (Lipinski definition) is 1. The van der Waals surface area contributed by atoms with Crippen LogP contribution in [0.1, 0.15) is 19.4 Å². The van der Waals surface area contributed by atoms with Gasteiger partial charge < -0.3 is 14.8 Å². The lowest BCUT2D eigenvalue weighted by molar-refractivity contribution is -0.127. The molecule has 0 saturated carbocycles. The third-order valence-corrected chi connectivity index (χ3v) is 5.87. The maximum Gasteiger partial charge on any atom is 0.294 e. The number of para-hydroxylation sites is 1. The molecule has 3 amide bonds. The van der Waals surface area contributed by atoms with E-state index in [0.717, 1.165) is 16.7 Å². The molecule has 7 nitrogen and oxygen atoms in total. The Morgan fingerprint density at radius 2 is 1.81 bits per heavy atom. The predicted molar refractivity (Wildman–Crippen MR) is 124 cm³/mol. The minimum atomic E-state index is -0.681. The molecular weight excluding hydrogens is 503 g/mol. The average Bonchev–Trinajstić information content (AvgIpc) is 3.00. The molecule has 1 N–H and O–H groups in total. The van der Waals surface area contributed by atoms with Crippen LogP contribution >= 0.6 is 27.7 Å². The highest BCUT2D eigenvalue weighted by Gasteiger charge is 2.36. The number of amides is 3. The second-order valence-corrected chi connectivity index (χ2v) is 8.33. The molecule has 2 aromatic rings. The number of hydrogen-bond acceptors (Lipinski definition) is 6. The fourth-order valence-corrected chi connectivity index (χ4v) is 4.14. The third-order valence-electron chi connectivity index (χ3n) is 4.27. The Morgan fingerprint density at radius 3 is 2.47 bits per heavy atom. The van der Waals surface area contributed by atoms with Crippen molar-refractivity contribution in [2.45, 2.75) is 13.8 Å². The highest BCUT2D eigenvalue weighted by atomic mass is 79.9. The van der Waals surface area contributed by atoms with Crippen LogP contribution in [0, 0.1) is 5.82 Å². The number of benzene rings is 2. The zero-order valence-corrected chi connectivity index (χ0v) is 19.7. The number of rotatable bonds is 8. The van der Waals surface area contributed by atoms with Crippen LogP contribution in [0.25, 0.3) is 6.08 Å². The summed E-state index contributed by atoms with van der Waals surface area (Å²) < 4.78 is 25.6. The van der Waals surface area contributed by atoms with Crippen molar-refractivity contribution in [1.29, 1.82) is 0 Å². The largest absolute Gasteiger partial charge is 0.490 e. The first kappa shape index (κ1) is 23.8. The standard InChI is InChI=1S/C22H20BrFN2O5S/c1-3-30-17-9-13(14(23)11-18(17)31-4-2)10-19-21(28)26(22(29)32-19)12-20(27)25-16-8-6-5-7-15(16)24/h5-11H,3-4,12H2,1-2H3,(H,25,27)/b19-10-. The molecule has 0 unspecified atom stereocenters. The molecule has 168 valence electrons. The molecule has 1 aliphatic heterocycles. The van der Waals surface area contributed by atoms with Crippen LogP contribution in [0.5, 0.6) is 11.5 Å². The van der Waals surface area contributed by atoms with Crippen LogP contribution in [0.4, 0.5) is 14.9 Å². The number of imide groups is 1. The minimum absolute atomic E-state index is 0.0261. The summed E-state index contributed by atoms with van der Waals surface area (Å²) in [5.74, 6) is -0.842. The van der Waals surface area contributed by atoms with Crippen LogP contribution in [-0.2, 0) is 9.59 Å². The molecule has 1 aliphatic rings. The van der Waals surface area contributed by atoms with Crippen molar-refractivity contribution in [3.63, 3.8) is 0 Å². The lowest BCUT2D eigenvalue weighted by atomic mass is 10.2. The number of nitrogens with one attached hydrogen (secondary N) is 1. The van der Waals surface area contributed by atoms with E-state index in [9.17, 15) is 18.8 Å². The number of thioether (sulfide) groups is 1. The molecular formula is C22H20BrFN2O5S. The molecule has 0 aliphatic carbocycles. The maximum absolute atomic E-state index is 13.7. The number of carbonyl (C=O) groups excluding carboxylic acids is 3. The molecule has 2 aromatic carbocycles. The zero-order valence-electron chi connectivity index (χ0n) is 17.3. The predicted octanol–water partition coefficient (Wildman–Crippen LogP) is 5.06. The molecule has 32 heavy (non-hydrogen) atoms. The first-order valence-corrected chi connectivity index (χ1v) is 11.3. The van der Waals surface area contributed by atoms with Crippen LogP contribution in [-0.4, -0.2) is 41.7 Å². The quantitative estimate of drug-likeness (QED) is 0.487. The number of anilines is 1. The molecule has 0 spiro atoms. The second kappa shape index (κ2) is 10.6. The molecule has 0 radical (unpaired) electrons. The molecule has 1 heterocycles. The first-order chi connectivity index (χ1) is 15.3. The summed E-state index contributed by atoms with van der Waals surface area (Å²) in [5.41, 5.74) is 0.583. The van der Waals surface area contributed by atoms with Crippen molar-refractivity contribution in [3.05, 3.63) is 57.2 Å². The van der Waals surface area contributed by atoms with Crippen LogP contribution in [0.3, 0.4) is 0 Å². The van der Waals surface area contributed by atoms with Crippen molar-refractivity contribution in [2.24, 2.45) is 0 Å². The summed E-state index contributed by atoms with van der Waals surface area (Å²) in [6.45, 7) is 4.06. The summed E-state index contributed by atoms with van der Waals surface area (Å²) >= 11 is 4.17. The van der Waals surface area contributed by atoms with Gasteiger partial charge in [-0.25, -0.2) is 4.39 Å². The van der Waals surface area contributed by atoms with E-state index in [4.69, 9.17) is 9.47 Å². The Bertz CT molecular complexity index is 1090. The van der Waals surface area contributed by atoms with Crippen molar-refractivity contribution in [2.75, 3.05) is 25.1 Å². The van der Waals surface area contributed by atoms with Gasteiger partial charge in [0.1, 0.15) is 12.4 Å². The van der Waals surface area contributed by atoms with Gasteiger partial charge in [0.25, 0.3) is 11.1 Å². The maximum atomic E-state index is 13.7. The molecule has 0 bridgehead atoms. The van der Waals surface area contributed by atoms with E-state index in [2.05, 4.69) is 21.2 Å². The van der Waals surface area contributed by atoms with Gasteiger partial charge in [0.05, 0.1) is 23.8 Å². The van der Waals surface area contributed by atoms with Crippen LogP contribution in [0.2, 0.25) is 0 Å². The van der Waals surface area contributed by atoms with Crippen LogP contribution < -0.4 is 14.8 Å². The van der Waals surface area contributed by atoms with Gasteiger partial charge >= 0.3 is 0 Å². The Morgan fingerprint density at radius 1 is 1.16 bits per heavy atom. The SMILES string of the molecule is CCOc1cc(Br)c(/C=C2\SC(=O)N(CC(=O)Nc3ccccc3F)C2=O)cc1OCC. The molecule has 0 atom stereocenters. The Labute approximate surface area is 197 Å². The van der Waals surface area contributed by atoms with Gasteiger partial charge in [-0.05, 0) is 61.5 Å². The lowest BCUT2D eigenvalue weighted by Gasteiger charge is -2.13. The van der Waals surface area contributed by atoms with Gasteiger partial charge in [0.2, 0.25) is 5.91 Å². The van der Waals surface area contributed by atoms with E-state index in [0.29, 0.717) is 34.7 Å². The van der Waals surface area contributed by atoms with Crippen molar-refractivity contribution in [3.8, 4) is 11.5 Å². The Hall–Kier alpha value is -2.85. The smallest absolute Gasteiger partial charge is 0.294 e. The fraction of sp³-hybridized carbons (Fsp3) is 0.227.